The lowest BCUT2D eigenvalue weighted by molar-refractivity contribution is 0.0559. The third-order valence-corrected chi connectivity index (χ3v) is 5.17. The molecule has 1 heterocycles. The zero-order valence-corrected chi connectivity index (χ0v) is 12.7. The van der Waals surface area contributed by atoms with Gasteiger partial charge < -0.3 is 10.0 Å². The van der Waals surface area contributed by atoms with Crippen molar-refractivity contribution in [3.05, 3.63) is 29.3 Å². The second-order valence-corrected chi connectivity index (χ2v) is 6.29. The molecule has 2 aliphatic rings. The summed E-state index contributed by atoms with van der Waals surface area (Å²) in [5.41, 5.74) is 2.56. The van der Waals surface area contributed by atoms with E-state index in [2.05, 4.69) is 29.8 Å². The first-order valence-electron chi connectivity index (χ1n) is 7.95. The molecule has 3 heteroatoms. The molecule has 1 aliphatic carbocycles. The smallest absolute Gasteiger partial charge is 0.119 e. The summed E-state index contributed by atoms with van der Waals surface area (Å²) < 4.78 is 0. The van der Waals surface area contributed by atoms with E-state index in [-0.39, 0.29) is 0 Å². The van der Waals surface area contributed by atoms with E-state index in [0.29, 0.717) is 17.8 Å². The maximum atomic E-state index is 10.1. The van der Waals surface area contributed by atoms with Crippen molar-refractivity contribution in [2.24, 2.45) is 0 Å². The summed E-state index contributed by atoms with van der Waals surface area (Å²) in [6, 6.07) is 7.23. The van der Waals surface area contributed by atoms with Crippen molar-refractivity contribution in [3.63, 3.8) is 0 Å². The number of fused-ring (bicyclic) bond motifs is 1. The zero-order valence-electron chi connectivity index (χ0n) is 12.7. The fraction of sp³-hybridized carbons (Fsp3) is 0.647. The van der Waals surface area contributed by atoms with Gasteiger partial charge >= 0.3 is 0 Å². The number of piperazine rings is 1. The summed E-state index contributed by atoms with van der Waals surface area (Å²) in [6.45, 7) is 5.74. The molecule has 3 rings (SSSR count). The molecule has 0 spiro atoms. The molecule has 1 fully saturated rings. The fourth-order valence-corrected chi connectivity index (χ4v) is 3.88. The molecule has 0 bridgehead atoms. The summed E-state index contributed by atoms with van der Waals surface area (Å²) >= 11 is 0. The average molecular weight is 274 g/mol. The molecule has 0 amide bonds. The minimum Gasteiger partial charge on any atom is -0.508 e. The van der Waals surface area contributed by atoms with Crippen LogP contribution >= 0.6 is 0 Å². The van der Waals surface area contributed by atoms with Gasteiger partial charge in [0.2, 0.25) is 0 Å². The summed E-state index contributed by atoms with van der Waals surface area (Å²) in [4.78, 5) is 5.13. The van der Waals surface area contributed by atoms with Gasteiger partial charge in [0, 0.05) is 31.7 Å². The van der Waals surface area contributed by atoms with Gasteiger partial charge in [0.05, 0.1) is 0 Å². The Morgan fingerprint density at radius 1 is 1.30 bits per heavy atom. The summed E-state index contributed by atoms with van der Waals surface area (Å²) in [7, 11) is 2.24. The molecule has 1 aliphatic heterocycles. The Bertz CT molecular complexity index is 474. The maximum absolute atomic E-state index is 10.1. The van der Waals surface area contributed by atoms with Gasteiger partial charge in [0.1, 0.15) is 5.75 Å². The van der Waals surface area contributed by atoms with E-state index in [4.69, 9.17) is 0 Å². The van der Waals surface area contributed by atoms with Crippen molar-refractivity contribution in [1.82, 2.24) is 9.80 Å². The predicted molar refractivity (Wildman–Crippen MR) is 82.1 cm³/mol. The van der Waals surface area contributed by atoms with Crippen LogP contribution in [0.4, 0.5) is 0 Å². The summed E-state index contributed by atoms with van der Waals surface area (Å²) in [5, 5.41) is 10.1. The van der Waals surface area contributed by atoms with Gasteiger partial charge in [-0.05, 0) is 49.9 Å². The van der Waals surface area contributed by atoms with Crippen molar-refractivity contribution in [2.75, 3.05) is 26.7 Å². The summed E-state index contributed by atoms with van der Waals surface area (Å²) in [5.74, 6) is 0.494. The lowest BCUT2D eigenvalue weighted by Gasteiger charge is -2.44. The number of likely N-dealkylation sites (N-methyl/N-ethyl adjacent to an activating group) is 1. The fourth-order valence-electron chi connectivity index (χ4n) is 3.88. The highest BCUT2D eigenvalue weighted by Crippen LogP contribution is 2.38. The molecule has 0 aromatic heterocycles. The standard InChI is InChI=1S/C17H26N2O/c1-3-13-12-19(11-10-18(13)2)16-8-4-7-15-14(16)6-5-9-17(15)20/h5-6,9,13,16,20H,3-4,7-8,10-12H2,1-2H3. The molecule has 0 saturated carbocycles. The lowest BCUT2D eigenvalue weighted by atomic mass is 9.85. The molecule has 1 aromatic carbocycles. The molecule has 2 atom stereocenters. The van der Waals surface area contributed by atoms with E-state index < -0.39 is 0 Å². The number of rotatable bonds is 2. The van der Waals surface area contributed by atoms with Gasteiger partial charge in [-0.3, -0.25) is 4.90 Å². The first-order chi connectivity index (χ1) is 9.70. The normalized spacial score (nSPS) is 28.3. The Labute approximate surface area is 122 Å². The van der Waals surface area contributed by atoms with Crippen LogP contribution in [0.5, 0.6) is 5.75 Å². The molecule has 110 valence electrons. The van der Waals surface area contributed by atoms with Crippen LogP contribution in [0, 0.1) is 0 Å². The molecule has 1 saturated heterocycles. The van der Waals surface area contributed by atoms with Crippen LogP contribution in [-0.4, -0.2) is 47.6 Å². The van der Waals surface area contributed by atoms with Crippen molar-refractivity contribution >= 4 is 0 Å². The van der Waals surface area contributed by atoms with Crippen LogP contribution in [0.25, 0.3) is 0 Å². The van der Waals surface area contributed by atoms with E-state index in [0.717, 1.165) is 26.1 Å². The largest absolute Gasteiger partial charge is 0.508 e. The Balaban J connectivity index is 1.84. The first kappa shape index (κ1) is 13.9. The van der Waals surface area contributed by atoms with Crippen molar-refractivity contribution < 1.29 is 5.11 Å². The predicted octanol–water partition coefficient (Wildman–Crippen LogP) is 2.80. The number of hydrogen-bond acceptors (Lipinski definition) is 3. The number of benzene rings is 1. The summed E-state index contributed by atoms with van der Waals surface area (Å²) in [6.07, 6.45) is 4.67. The van der Waals surface area contributed by atoms with E-state index in [1.54, 1.807) is 0 Å². The van der Waals surface area contributed by atoms with Gasteiger partial charge in [-0.25, -0.2) is 0 Å². The molecule has 1 aromatic rings. The van der Waals surface area contributed by atoms with Crippen molar-refractivity contribution in [1.29, 1.82) is 0 Å². The number of aromatic hydroxyl groups is 1. The molecule has 2 unspecified atom stereocenters. The molecular formula is C17H26N2O. The van der Waals surface area contributed by atoms with Gasteiger partial charge in [0.25, 0.3) is 0 Å². The lowest BCUT2D eigenvalue weighted by Crippen LogP contribution is -2.52. The van der Waals surface area contributed by atoms with Crippen molar-refractivity contribution in [2.45, 2.75) is 44.7 Å². The molecular weight excluding hydrogens is 248 g/mol. The maximum Gasteiger partial charge on any atom is 0.119 e. The van der Waals surface area contributed by atoms with Crippen LogP contribution < -0.4 is 0 Å². The van der Waals surface area contributed by atoms with Crippen LogP contribution in [0.1, 0.15) is 43.4 Å². The van der Waals surface area contributed by atoms with Crippen LogP contribution in [0.3, 0.4) is 0 Å². The first-order valence-corrected chi connectivity index (χ1v) is 7.95. The molecule has 20 heavy (non-hydrogen) atoms. The Morgan fingerprint density at radius 2 is 2.15 bits per heavy atom. The highest BCUT2D eigenvalue weighted by Gasteiger charge is 2.31. The number of nitrogens with zero attached hydrogens (tertiary/aromatic N) is 2. The van der Waals surface area contributed by atoms with Crippen molar-refractivity contribution in [3.8, 4) is 5.75 Å². The zero-order chi connectivity index (χ0) is 14.1. The monoisotopic (exact) mass is 274 g/mol. The van der Waals surface area contributed by atoms with Gasteiger partial charge in [0.15, 0.2) is 0 Å². The van der Waals surface area contributed by atoms with E-state index in [1.165, 1.54) is 30.4 Å². The van der Waals surface area contributed by atoms with Gasteiger partial charge in [-0.2, -0.15) is 0 Å². The van der Waals surface area contributed by atoms with Gasteiger partial charge in [-0.15, -0.1) is 0 Å². The number of phenolic OH excluding ortho intramolecular Hbond substituents is 1. The SMILES string of the molecule is CCC1CN(C2CCCc3c(O)cccc32)CCN1C. The van der Waals surface area contributed by atoms with E-state index >= 15 is 0 Å². The minimum absolute atomic E-state index is 0.494. The topological polar surface area (TPSA) is 26.7 Å². The van der Waals surface area contributed by atoms with Crippen LogP contribution in [0.15, 0.2) is 18.2 Å². The van der Waals surface area contributed by atoms with Gasteiger partial charge in [-0.1, -0.05) is 19.1 Å². The number of phenols is 1. The number of hydrogen-bond donors (Lipinski definition) is 1. The Morgan fingerprint density at radius 3 is 2.95 bits per heavy atom. The minimum atomic E-state index is 0.494. The van der Waals surface area contributed by atoms with E-state index in [9.17, 15) is 5.11 Å². The second-order valence-electron chi connectivity index (χ2n) is 6.29. The second kappa shape index (κ2) is 5.74. The Kier molecular flexibility index (Phi) is 3.99. The van der Waals surface area contributed by atoms with Crippen LogP contribution in [-0.2, 0) is 6.42 Å². The highest BCUT2D eigenvalue weighted by atomic mass is 16.3. The Hall–Kier alpha value is -1.06. The third-order valence-electron chi connectivity index (χ3n) is 5.17. The molecule has 3 nitrogen and oxygen atoms in total. The quantitative estimate of drug-likeness (QED) is 0.898. The van der Waals surface area contributed by atoms with E-state index in [1.807, 2.05) is 12.1 Å². The third kappa shape index (κ3) is 2.45. The van der Waals surface area contributed by atoms with Crippen LogP contribution in [0.2, 0.25) is 0 Å². The highest BCUT2D eigenvalue weighted by molar-refractivity contribution is 5.42. The average Bonchev–Trinajstić information content (AvgIpc) is 2.48. The molecule has 1 N–H and O–H groups in total. The molecule has 0 radical (unpaired) electrons.